The van der Waals surface area contributed by atoms with Gasteiger partial charge in [-0.05, 0) is 18.2 Å². The van der Waals surface area contributed by atoms with E-state index in [-0.39, 0.29) is 23.6 Å². The monoisotopic (exact) mass is 402 g/mol. The van der Waals surface area contributed by atoms with Crippen LogP contribution in [0.1, 0.15) is 5.89 Å². The lowest BCUT2D eigenvalue weighted by Crippen LogP contribution is -2.59. The molecular formula is C17H18N6O4S. The first-order valence-corrected chi connectivity index (χ1v) is 10.8. The van der Waals surface area contributed by atoms with Crippen LogP contribution in [0.2, 0.25) is 0 Å². The minimum atomic E-state index is -3.15. The highest BCUT2D eigenvalue weighted by atomic mass is 32.2. The summed E-state index contributed by atoms with van der Waals surface area (Å²) in [5, 5.41) is 3.95. The Balaban J connectivity index is 1.38. The van der Waals surface area contributed by atoms with Gasteiger partial charge in [0.05, 0.1) is 30.4 Å². The van der Waals surface area contributed by atoms with Gasteiger partial charge in [-0.25, -0.2) is 18.4 Å². The minimum absolute atomic E-state index is 0.0912. The maximum Gasteiger partial charge on any atom is 0.241 e. The highest BCUT2D eigenvalue weighted by Gasteiger charge is 2.47. The fraction of sp³-hybridized carbons (Fsp3) is 0.412. The van der Waals surface area contributed by atoms with Crippen molar-refractivity contribution in [3.05, 3.63) is 42.7 Å². The molecule has 0 radical (unpaired) electrons. The molecule has 28 heavy (non-hydrogen) atoms. The van der Waals surface area contributed by atoms with Gasteiger partial charge in [-0.3, -0.25) is 4.90 Å². The van der Waals surface area contributed by atoms with Crippen LogP contribution in [0.5, 0.6) is 0 Å². The van der Waals surface area contributed by atoms with Crippen LogP contribution in [-0.4, -0.2) is 70.1 Å². The molecule has 0 spiro atoms. The van der Waals surface area contributed by atoms with Crippen LogP contribution in [0, 0.1) is 0 Å². The van der Waals surface area contributed by atoms with E-state index in [0.717, 1.165) is 0 Å². The number of hydrogen-bond acceptors (Lipinski definition) is 10. The van der Waals surface area contributed by atoms with Crippen LogP contribution in [0.15, 0.2) is 45.8 Å². The highest BCUT2D eigenvalue weighted by molar-refractivity contribution is 7.91. The maximum absolute atomic E-state index is 12.4. The second-order valence-corrected chi connectivity index (χ2v) is 9.07. The fourth-order valence-corrected chi connectivity index (χ4v) is 5.92. The van der Waals surface area contributed by atoms with Crippen LogP contribution in [-0.2, 0) is 16.4 Å². The molecule has 0 bridgehead atoms. The standard InChI is InChI=1S/C17H18N6O4S/c24-28(25)10-12-13(11-28)23(17-18-4-2-5-19-17)7-6-22(12)9-15-20-16(21-27-15)14-3-1-8-26-14/h1-5,8,12-13H,6-7,9-11H2/t12-,13+/m1/s1. The molecule has 2 atom stereocenters. The maximum atomic E-state index is 12.4. The minimum Gasteiger partial charge on any atom is -0.461 e. The van der Waals surface area contributed by atoms with E-state index in [2.05, 4.69) is 25.0 Å². The Morgan fingerprint density at radius 1 is 1.11 bits per heavy atom. The van der Waals surface area contributed by atoms with Gasteiger partial charge in [0.15, 0.2) is 15.6 Å². The molecule has 5 rings (SSSR count). The largest absolute Gasteiger partial charge is 0.461 e. The van der Waals surface area contributed by atoms with Gasteiger partial charge in [0.2, 0.25) is 17.7 Å². The van der Waals surface area contributed by atoms with E-state index in [1.54, 1.807) is 36.9 Å². The molecule has 2 aliphatic rings. The zero-order valence-electron chi connectivity index (χ0n) is 14.9. The summed E-state index contributed by atoms with van der Waals surface area (Å²) in [5.41, 5.74) is 0. The van der Waals surface area contributed by atoms with E-state index in [1.807, 2.05) is 4.90 Å². The first-order chi connectivity index (χ1) is 13.6. The van der Waals surface area contributed by atoms with Crippen LogP contribution in [0.4, 0.5) is 5.95 Å². The molecule has 0 aliphatic carbocycles. The molecule has 11 heteroatoms. The van der Waals surface area contributed by atoms with Crippen LogP contribution in [0.25, 0.3) is 11.6 Å². The Morgan fingerprint density at radius 3 is 2.71 bits per heavy atom. The predicted octanol–water partition coefficient (Wildman–Crippen LogP) is 0.607. The Labute approximate surface area is 161 Å². The number of aromatic nitrogens is 4. The van der Waals surface area contributed by atoms with E-state index in [9.17, 15) is 8.42 Å². The number of piperazine rings is 1. The Morgan fingerprint density at radius 2 is 1.93 bits per heavy atom. The second-order valence-electron chi connectivity index (χ2n) is 6.91. The van der Waals surface area contributed by atoms with Crippen molar-refractivity contribution in [2.75, 3.05) is 29.5 Å². The summed E-state index contributed by atoms with van der Waals surface area (Å²) in [6, 6.07) is 4.88. The number of hydrogen-bond donors (Lipinski definition) is 0. The summed E-state index contributed by atoms with van der Waals surface area (Å²) in [7, 11) is -3.15. The Hall–Kier alpha value is -2.79. The van der Waals surface area contributed by atoms with Crippen molar-refractivity contribution in [3.63, 3.8) is 0 Å². The average molecular weight is 402 g/mol. The first kappa shape index (κ1) is 17.3. The lowest BCUT2D eigenvalue weighted by molar-refractivity contribution is 0.141. The quantitative estimate of drug-likeness (QED) is 0.614. The molecule has 2 fully saturated rings. The second kappa shape index (κ2) is 6.67. The number of furan rings is 1. The van der Waals surface area contributed by atoms with Crippen molar-refractivity contribution in [2.24, 2.45) is 0 Å². The predicted molar refractivity (Wildman–Crippen MR) is 98.0 cm³/mol. The van der Waals surface area contributed by atoms with Crippen molar-refractivity contribution < 1.29 is 17.4 Å². The number of anilines is 1. The molecule has 3 aromatic rings. The van der Waals surface area contributed by atoms with Gasteiger partial charge >= 0.3 is 0 Å². The van der Waals surface area contributed by atoms with Gasteiger partial charge in [-0.1, -0.05) is 5.16 Å². The normalized spacial score (nSPS) is 24.4. The fourth-order valence-electron chi connectivity index (χ4n) is 3.91. The van der Waals surface area contributed by atoms with E-state index < -0.39 is 9.84 Å². The highest BCUT2D eigenvalue weighted by Crippen LogP contribution is 2.30. The molecule has 0 saturated carbocycles. The summed E-state index contributed by atoms with van der Waals surface area (Å²) >= 11 is 0. The number of nitrogens with zero attached hydrogens (tertiary/aromatic N) is 6. The molecule has 0 amide bonds. The number of sulfone groups is 1. The lowest BCUT2D eigenvalue weighted by atomic mass is 10.1. The molecule has 5 heterocycles. The number of fused-ring (bicyclic) bond motifs is 1. The first-order valence-electron chi connectivity index (χ1n) is 8.94. The van der Waals surface area contributed by atoms with Gasteiger partial charge in [0.25, 0.3) is 0 Å². The van der Waals surface area contributed by atoms with Crippen LogP contribution >= 0.6 is 0 Å². The molecule has 3 aromatic heterocycles. The zero-order chi connectivity index (χ0) is 19.1. The van der Waals surface area contributed by atoms with E-state index in [4.69, 9.17) is 8.94 Å². The summed E-state index contributed by atoms with van der Waals surface area (Å²) < 4.78 is 35.4. The van der Waals surface area contributed by atoms with Crippen LogP contribution in [0.3, 0.4) is 0 Å². The van der Waals surface area contributed by atoms with Crippen molar-refractivity contribution in [2.45, 2.75) is 18.6 Å². The molecule has 0 N–H and O–H groups in total. The van der Waals surface area contributed by atoms with Gasteiger partial charge in [0, 0.05) is 31.5 Å². The van der Waals surface area contributed by atoms with Gasteiger partial charge in [-0.2, -0.15) is 4.98 Å². The van der Waals surface area contributed by atoms with E-state index in [0.29, 0.717) is 43.1 Å². The molecule has 2 saturated heterocycles. The van der Waals surface area contributed by atoms with Crippen molar-refractivity contribution in [1.29, 1.82) is 0 Å². The Kier molecular flexibility index (Phi) is 4.13. The molecule has 0 unspecified atom stereocenters. The van der Waals surface area contributed by atoms with E-state index in [1.165, 1.54) is 0 Å². The average Bonchev–Trinajstić information content (AvgIpc) is 3.41. The zero-order valence-corrected chi connectivity index (χ0v) is 15.7. The van der Waals surface area contributed by atoms with Gasteiger partial charge in [-0.15, -0.1) is 0 Å². The van der Waals surface area contributed by atoms with E-state index >= 15 is 0 Å². The van der Waals surface area contributed by atoms with Gasteiger partial charge < -0.3 is 13.8 Å². The van der Waals surface area contributed by atoms with Gasteiger partial charge in [0.1, 0.15) is 0 Å². The lowest BCUT2D eigenvalue weighted by Gasteiger charge is -2.43. The van der Waals surface area contributed by atoms with Crippen molar-refractivity contribution in [1.82, 2.24) is 25.0 Å². The molecule has 0 aromatic carbocycles. The molecule has 2 aliphatic heterocycles. The smallest absolute Gasteiger partial charge is 0.241 e. The summed E-state index contributed by atoms with van der Waals surface area (Å²) in [6.07, 6.45) is 4.88. The molecular weight excluding hydrogens is 384 g/mol. The Bertz CT molecular complexity index is 1050. The third-order valence-electron chi connectivity index (χ3n) is 5.15. The van der Waals surface area contributed by atoms with Crippen LogP contribution < -0.4 is 4.90 Å². The number of rotatable bonds is 4. The molecule has 10 nitrogen and oxygen atoms in total. The molecule has 146 valence electrons. The summed E-state index contributed by atoms with van der Waals surface area (Å²) in [4.78, 5) is 17.1. The van der Waals surface area contributed by atoms with Crippen molar-refractivity contribution in [3.8, 4) is 11.6 Å². The topological polar surface area (TPSA) is 118 Å². The third-order valence-corrected chi connectivity index (χ3v) is 6.85. The third kappa shape index (κ3) is 3.16. The SMILES string of the molecule is O=S1(=O)C[C@@H]2[C@H](C1)N(c1ncccn1)CCN2Cc1nc(-c2ccco2)no1. The van der Waals surface area contributed by atoms with Crippen molar-refractivity contribution >= 4 is 15.8 Å². The summed E-state index contributed by atoms with van der Waals surface area (Å²) in [6.45, 7) is 1.65. The summed E-state index contributed by atoms with van der Waals surface area (Å²) in [5.74, 6) is 2.09.